The van der Waals surface area contributed by atoms with Crippen molar-refractivity contribution in [3.8, 4) is 0 Å². The zero-order valence-electron chi connectivity index (χ0n) is 9.93. The Morgan fingerprint density at radius 2 is 2.12 bits per heavy atom. The lowest BCUT2D eigenvalue weighted by Gasteiger charge is -2.21. The molecule has 0 heterocycles. The van der Waals surface area contributed by atoms with Gasteiger partial charge in [-0.05, 0) is 24.6 Å². The molecule has 0 fully saturated rings. The normalized spacial score (nSPS) is 13.9. The molecule has 0 aliphatic rings. The highest BCUT2D eigenvalue weighted by atomic mass is 79.9. The maximum atomic E-state index is 12.0. The van der Waals surface area contributed by atoms with E-state index in [1.54, 1.807) is 14.0 Å². The van der Waals surface area contributed by atoms with Crippen molar-refractivity contribution in [3.05, 3.63) is 34.3 Å². The fraction of sp³-hybridized carbons (Fsp3) is 0.455. The zero-order valence-corrected chi connectivity index (χ0v) is 12.3. The number of hydrogen-bond donors (Lipinski definition) is 1. The third kappa shape index (κ3) is 3.77. The third-order valence-corrected chi connectivity index (χ3v) is 5.27. The summed E-state index contributed by atoms with van der Waals surface area (Å²) >= 11 is 3.36. The minimum Gasteiger partial charge on any atom is -0.329 e. The lowest BCUT2D eigenvalue weighted by atomic mass is 10.2. The smallest absolute Gasteiger partial charge is 0.218 e. The van der Waals surface area contributed by atoms with Gasteiger partial charge in [0.15, 0.2) is 0 Å². The molecule has 1 rings (SSSR count). The summed E-state index contributed by atoms with van der Waals surface area (Å²) in [6, 6.07) is 7.58. The van der Waals surface area contributed by atoms with Gasteiger partial charge in [0.05, 0.1) is 5.25 Å². The monoisotopic (exact) mass is 320 g/mol. The molecule has 0 spiro atoms. The second kappa shape index (κ2) is 5.95. The van der Waals surface area contributed by atoms with E-state index < -0.39 is 15.3 Å². The van der Waals surface area contributed by atoms with Gasteiger partial charge < -0.3 is 5.73 Å². The molecule has 1 aromatic carbocycles. The molecule has 0 aromatic heterocycles. The van der Waals surface area contributed by atoms with Crippen LogP contribution in [0.5, 0.6) is 0 Å². The highest BCUT2D eigenvalue weighted by molar-refractivity contribution is 9.10. The lowest BCUT2D eigenvalue weighted by Crippen LogP contribution is -2.38. The predicted molar refractivity (Wildman–Crippen MR) is 73.0 cm³/mol. The molecule has 0 bridgehead atoms. The first kappa shape index (κ1) is 14.6. The number of sulfonamides is 1. The topological polar surface area (TPSA) is 63.4 Å². The van der Waals surface area contributed by atoms with Crippen LogP contribution in [-0.4, -0.2) is 31.6 Å². The van der Waals surface area contributed by atoms with Gasteiger partial charge in [0.2, 0.25) is 10.0 Å². The number of nitrogens with two attached hydrogens (primary N) is 1. The van der Waals surface area contributed by atoms with Gasteiger partial charge in [-0.15, -0.1) is 0 Å². The first-order valence-corrected chi connectivity index (χ1v) is 7.57. The van der Waals surface area contributed by atoms with E-state index in [0.717, 1.165) is 10.0 Å². The van der Waals surface area contributed by atoms with Gasteiger partial charge in [-0.25, -0.2) is 12.7 Å². The molecule has 17 heavy (non-hydrogen) atoms. The van der Waals surface area contributed by atoms with Gasteiger partial charge >= 0.3 is 0 Å². The number of rotatable bonds is 5. The molecule has 0 saturated heterocycles. The van der Waals surface area contributed by atoms with Gasteiger partial charge in [-0.1, -0.05) is 28.1 Å². The van der Waals surface area contributed by atoms with Crippen molar-refractivity contribution in [2.45, 2.75) is 18.7 Å². The first-order valence-electron chi connectivity index (χ1n) is 5.27. The number of hydrogen-bond acceptors (Lipinski definition) is 3. The summed E-state index contributed by atoms with van der Waals surface area (Å²) in [6.07, 6.45) is 0. The fourth-order valence-electron chi connectivity index (χ4n) is 1.41. The standard InChI is InChI=1S/C11H17BrN2O2S/c1-9(7-13)17(15,16)14(2)8-10-4-3-5-11(12)6-10/h3-6,9H,7-8,13H2,1-2H3. The molecule has 0 amide bonds. The van der Waals surface area contributed by atoms with Crippen LogP contribution in [0, 0.1) is 0 Å². The Labute approximate surface area is 111 Å². The van der Waals surface area contributed by atoms with Crippen LogP contribution in [0.4, 0.5) is 0 Å². The molecule has 96 valence electrons. The van der Waals surface area contributed by atoms with Crippen molar-refractivity contribution in [2.24, 2.45) is 5.73 Å². The molecule has 1 aromatic rings. The maximum absolute atomic E-state index is 12.0. The zero-order chi connectivity index (χ0) is 13.1. The summed E-state index contributed by atoms with van der Waals surface area (Å²) in [6.45, 7) is 2.10. The highest BCUT2D eigenvalue weighted by Gasteiger charge is 2.24. The van der Waals surface area contributed by atoms with Crippen LogP contribution in [0.15, 0.2) is 28.7 Å². The Balaban J connectivity index is 2.83. The van der Waals surface area contributed by atoms with Crippen LogP contribution in [0.3, 0.4) is 0 Å². The van der Waals surface area contributed by atoms with E-state index in [-0.39, 0.29) is 6.54 Å². The summed E-state index contributed by atoms with van der Waals surface area (Å²) in [7, 11) is -1.74. The minimum atomic E-state index is -3.31. The van der Waals surface area contributed by atoms with E-state index >= 15 is 0 Å². The molecule has 6 heteroatoms. The van der Waals surface area contributed by atoms with Gasteiger partial charge in [0.25, 0.3) is 0 Å². The molecule has 1 atom stereocenters. The van der Waals surface area contributed by atoms with E-state index in [1.807, 2.05) is 24.3 Å². The summed E-state index contributed by atoms with van der Waals surface area (Å²) in [5, 5.41) is -0.556. The second-order valence-corrected chi connectivity index (χ2v) is 7.35. The van der Waals surface area contributed by atoms with Crippen LogP contribution in [0.1, 0.15) is 12.5 Å². The van der Waals surface area contributed by atoms with Crippen molar-refractivity contribution >= 4 is 26.0 Å². The SMILES string of the molecule is CC(CN)S(=O)(=O)N(C)Cc1cccc(Br)c1. The Hall–Kier alpha value is -0.430. The van der Waals surface area contributed by atoms with Crippen molar-refractivity contribution in [3.63, 3.8) is 0 Å². The van der Waals surface area contributed by atoms with Gasteiger partial charge in [0, 0.05) is 24.6 Å². The van der Waals surface area contributed by atoms with Crippen LogP contribution in [0.25, 0.3) is 0 Å². The van der Waals surface area contributed by atoms with Crippen LogP contribution in [-0.2, 0) is 16.6 Å². The van der Waals surface area contributed by atoms with Crippen molar-refractivity contribution in [2.75, 3.05) is 13.6 Å². The van der Waals surface area contributed by atoms with Gasteiger partial charge in [-0.3, -0.25) is 0 Å². The minimum absolute atomic E-state index is 0.130. The molecule has 2 N–H and O–H groups in total. The molecule has 0 aliphatic heterocycles. The predicted octanol–water partition coefficient (Wildman–Crippen LogP) is 1.56. The fourth-order valence-corrected chi connectivity index (χ4v) is 3.04. The Morgan fingerprint density at radius 1 is 1.47 bits per heavy atom. The molecule has 0 radical (unpaired) electrons. The summed E-state index contributed by atoms with van der Waals surface area (Å²) in [5.74, 6) is 0. The van der Waals surface area contributed by atoms with E-state index in [2.05, 4.69) is 15.9 Å². The van der Waals surface area contributed by atoms with Gasteiger partial charge in [0.1, 0.15) is 0 Å². The van der Waals surface area contributed by atoms with Crippen molar-refractivity contribution in [1.82, 2.24) is 4.31 Å². The number of benzene rings is 1. The van der Waals surface area contributed by atoms with E-state index in [0.29, 0.717) is 6.54 Å². The van der Waals surface area contributed by atoms with Crippen molar-refractivity contribution in [1.29, 1.82) is 0 Å². The Bertz CT molecular complexity index is 476. The third-order valence-electron chi connectivity index (χ3n) is 2.57. The van der Waals surface area contributed by atoms with E-state index in [4.69, 9.17) is 5.73 Å². The van der Waals surface area contributed by atoms with Crippen molar-refractivity contribution < 1.29 is 8.42 Å². The first-order chi connectivity index (χ1) is 7.87. The summed E-state index contributed by atoms with van der Waals surface area (Å²) < 4.78 is 26.2. The van der Waals surface area contributed by atoms with Crippen LogP contribution >= 0.6 is 15.9 Å². The quantitative estimate of drug-likeness (QED) is 0.895. The van der Waals surface area contributed by atoms with Crippen LogP contribution < -0.4 is 5.73 Å². The molecule has 0 saturated carbocycles. The largest absolute Gasteiger partial charge is 0.329 e. The molecule has 4 nitrogen and oxygen atoms in total. The van der Waals surface area contributed by atoms with E-state index in [1.165, 1.54) is 4.31 Å². The van der Waals surface area contributed by atoms with E-state index in [9.17, 15) is 8.42 Å². The average molecular weight is 321 g/mol. The molecule has 0 aliphatic carbocycles. The summed E-state index contributed by atoms with van der Waals surface area (Å²) in [5.41, 5.74) is 6.34. The molecular weight excluding hydrogens is 304 g/mol. The highest BCUT2D eigenvalue weighted by Crippen LogP contribution is 2.15. The Kier molecular flexibility index (Phi) is 5.12. The second-order valence-electron chi connectivity index (χ2n) is 3.98. The summed E-state index contributed by atoms with van der Waals surface area (Å²) in [4.78, 5) is 0. The van der Waals surface area contributed by atoms with Crippen LogP contribution in [0.2, 0.25) is 0 Å². The maximum Gasteiger partial charge on any atom is 0.218 e. The number of nitrogens with zero attached hydrogens (tertiary/aromatic N) is 1. The van der Waals surface area contributed by atoms with Gasteiger partial charge in [-0.2, -0.15) is 0 Å². The molecule has 1 unspecified atom stereocenters. The lowest BCUT2D eigenvalue weighted by molar-refractivity contribution is 0.457. The average Bonchev–Trinajstić information content (AvgIpc) is 2.27. The molecular formula is C11H17BrN2O2S. The number of halogens is 1. The Morgan fingerprint density at radius 3 is 2.65 bits per heavy atom.